The van der Waals surface area contributed by atoms with Crippen LogP contribution in [0.25, 0.3) is 0 Å². The zero-order chi connectivity index (χ0) is 14.5. The van der Waals surface area contributed by atoms with Gasteiger partial charge in [-0.25, -0.2) is 4.98 Å². The number of benzene rings is 1. The number of carbonyl (C=O) groups excluding carboxylic acids is 1. The number of nitrogens with one attached hydrogen (secondary N) is 1. The maximum absolute atomic E-state index is 12.1. The van der Waals surface area contributed by atoms with Gasteiger partial charge in [0.2, 0.25) is 0 Å². The molecule has 1 heterocycles. The van der Waals surface area contributed by atoms with Gasteiger partial charge >= 0.3 is 0 Å². The van der Waals surface area contributed by atoms with E-state index >= 15 is 0 Å². The van der Waals surface area contributed by atoms with Crippen LogP contribution in [0.4, 0.5) is 5.82 Å². The summed E-state index contributed by atoms with van der Waals surface area (Å²) < 4.78 is 6.48. The molecule has 1 aromatic heterocycles. The monoisotopic (exact) mass is 382 g/mol. The average molecular weight is 382 g/mol. The van der Waals surface area contributed by atoms with Gasteiger partial charge in [-0.15, -0.1) is 0 Å². The number of nitrogens with zero attached hydrogens (tertiary/aromatic N) is 1. The number of aryl methyl sites for hydroxylation is 1. The van der Waals surface area contributed by atoms with E-state index in [0.717, 1.165) is 14.9 Å². The van der Waals surface area contributed by atoms with Gasteiger partial charge in [-0.1, -0.05) is 0 Å². The van der Waals surface area contributed by atoms with Gasteiger partial charge in [0.05, 0.1) is 6.61 Å². The van der Waals surface area contributed by atoms with Gasteiger partial charge in [-0.3, -0.25) is 4.79 Å². The molecule has 1 N–H and O–H groups in total. The first-order valence-corrected chi connectivity index (χ1v) is 7.34. The Hall–Kier alpha value is -1.63. The molecule has 0 fully saturated rings. The largest absolute Gasteiger partial charge is 0.494 e. The SMILES string of the molecule is CCOc1ccc(C(=O)Nc2ccc(I)cn2)cc1C. The fourth-order valence-electron chi connectivity index (χ4n) is 1.75. The summed E-state index contributed by atoms with van der Waals surface area (Å²) in [5.74, 6) is 1.17. The van der Waals surface area contributed by atoms with Crippen LogP contribution in [0.5, 0.6) is 5.75 Å². The first kappa shape index (κ1) is 14.8. The van der Waals surface area contributed by atoms with E-state index in [1.807, 2.05) is 32.0 Å². The van der Waals surface area contributed by atoms with Gasteiger partial charge in [-0.2, -0.15) is 0 Å². The summed E-state index contributed by atoms with van der Waals surface area (Å²) >= 11 is 2.17. The van der Waals surface area contributed by atoms with Crippen LogP contribution in [0.2, 0.25) is 0 Å². The molecule has 0 bridgehead atoms. The number of carbonyl (C=O) groups is 1. The molecule has 0 spiro atoms. The van der Waals surface area contributed by atoms with Crippen LogP contribution >= 0.6 is 22.6 Å². The Bertz CT molecular complexity index is 612. The van der Waals surface area contributed by atoms with Crippen molar-refractivity contribution in [3.8, 4) is 5.75 Å². The minimum atomic E-state index is -0.176. The van der Waals surface area contributed by atoms with Crippen molar-refractivity contribution in [3.63, 3.8) is 0 Å². The summed E-state index contributed by atoms with van der Waals surface area (Å²) in [6.45, 7) is 4.46. The van der Waals surface area contributed by atoms with Crippen molar-refractivity contribution in [2.45, 2.75) is 13.8 Å². The number of hydrogen-bond acceptors (Lipinski definition) is 3. The van der Waals surface area contributed by atoms with Crippen LogP contribution in [0.1, 0.15) is 22.8 Å². The fraction of sp³-hybridized carbons (Fsp3) is 0.200. The highest BCUT2D eigenvalue weighted by molar-refractivity contribution is 14.1. The summed E-state index contributed by atoms with van der Waals surface area (Å²) in [5, 5.41) is 2.77. The normalized spacial score (nSPS) is 10.2. The van der Waals surface area contributed by atoms with Crippen LogP contribution in [0.3, 0.4) is 0 Å². The highest BCUT2D eigenvalue weighted by Crippen LogP contribution is 2.19. The molecule has 0 aliphatic heterocycles. The van der Waals surface area contributed by atoms with Crippen molar-refractivity contribution < 1.29 is 9.53 Å². The molecule has 2 rings (SSSR count). The number of halogens is 1. The fourth-order valence-corrected chi connectivity index (χ4v) is 2.07. The molecule has 0 unspecified atom stereocenters. The summed E-state index contributed by atoms with van der Waals surface area (Å²) in [6, 6.07) is 9.05. The summed E-state index contributed by atoms with van der Waals surface area (Å²) in [7, 11) is 0. The first-order valence-electron chi connectivity index (χ1n) is 6.26. The molecule has 0 aliphatic rings. The minimum absolute atomic E-state index is 0.176. The maximum atomic E-state index is 12.1. The zero-order valence-corrected chi connectivity index (χ0v) is 13.5. The highest BCUT2D eigenvalue weighted by atomic mass is 127. The Kier molecular flexibility index (Phi) is 4.94. The van der Waals surface area contributed by atoms with E-state index < -0.39 is 0 Å². The number of amides is 1. The van der Waals surface area contributed by atoms with E-state index in [2.05, 4.69) is 32.9 Å². The molecule has 0 saturated carbocycles. The number of rotatable bonds is 4. The predicted molar refractivity (Wildman–Crippen MR) is 87.3 cm³/mol. The predicted octanol–water partition coefficient (Wildman–Crippen LogP) is 3.65. The zero-order valence-electron chi connectivity index (χ0n) is 11.3. The molecule has 0 aliphatic carbocycles. The van der Waals surface area contributed by atoms with Crippen LogP contribution in [0.15, 0.2) is 36.5 Å². The quantitative estimate of drug-likeness (QED) is 0.822. The Morgan fingerprint density at radius 3 is 2.75 bits per heavy atom. The topological polar surface area (TPSA) is 51.2 Å². The van der Waals surface area contributed by atoms with Crippen molar-refractivity contribution >= 4 is 34.3 Å². The average Bonchev–Trinajstić information content (AvgIpc) is 2.44. The maximum Gasteiger partial charge on any atom is 0.256 e. The van der Waals surface area contributed by atoms with Gasteiger partial charge in [0, 0.05) is 15.3 Å². The van der Waals surface area contributed by atoms with Crippen molar-refractivity contribution in [2.24, 2.45) is 0 Å². The van der Waals surface area contributed by atoms with E-state index in [9.17, 15) is 4.79 Å². The van der Waals surface area contributed by atoms with E-state index in [1.165, 1.54) is 0 Å². The molecule has 104 valence electrons. The number of ether oxygens (including phenoxy) is 1. The lowest BCUT2D eigenvalue weighted by Gasteiger charge is -2.09. The lowest BCUT2D eigenvalue weighted by molar-refractivity contribution is 0.102. The van der Waals surface area contributed by atoms with Crippen molar-refractivity contribution in [1.82, 2.24) is 4.98 Å². The number of pyridine rings is 1. The molecular weight excluding hydrogens is 367 g/mol. The van der Waals surface area contributed by atoms with Crippen molar-refractivity contribution in [2.75, 3.05) is 11.9 Å². The number of aromatic nitrogens is 1. The number of anilines is 1. The van der Waals surface area contributed by atoms with Crippen LogP contribution < -0.4 is 10.1 Å². The Morgan fingerprint density at radius 2 is 2.15 bits per heavy atom. The van der Waals surface area contributed by atoms with Crippen LogP contribution in [0, 0.1) is 10.5 Å². The van der Waals surface area contributed by atoms with E-state index in [0.29, 0.717) is 18.0 Å². The molecule has 5 heteroatoms. The summed E-state index contributed by atoms with van der Waals surface area (Å²) in [6.07, 6.45) is 1.71. The van der Waals surface area contributed by atoms with Gasteiger partial charge in [0.1, 0.15) is 11.6 Å². The Balaban J connectivity index is 2.13. The molecule has 1 amide bonds. The third kappa shape index (κ3) is 3.69. The second-order valence-corrected chi connectivity index (χ2v) is 5.47. The standard InChI is InChI=1S/C15H15IN2O2/c1-3-20-13-6-4-11(8-10(13)2)15(19)18-14-7-5-12(16)9-17-14/h4-9H,3H2,1-2H3,(H,17,18,19). The molecular formula is C15H15IN2O2. The third-order valence-electron chi connectivity index (χ3n) is 2.71. The Labute approximate surface area is 131 Å². The molecule has 0 atom stereocenters. The first-order chi connectivity index (χ1) is 9.60. The smallest absolute Gasteiger partial charge is 0.256 e. The van der Waals surface area contributed by atoms with Crippen molar-refractivity contribution in [3.05, 3.63) is 51.2 Å². The lowest BCUT2D eigenvalue weighted by atomic mass is 10.1. The third-order valence-corrected chi connectivity index (χ3v) is 3.34. The van der Waals surface area contributed by atoms with E-state index in [-0.39, 0.29) is 5.91 Å². The highest BCUT2D eigenvalue weighted by Gasteiger charge is 2.09. The van der Waals surface area contributed by atoms with Gasteiger partial charge in [-0.05, 0) is 72.3 Å². The molecule has 2 aromatic rings. The van der Waals surface area contributed by atoms with Gasteiger partial charge in [0.25, 0.3) is 5.91 Å². The van der Waals surface area contributed by atoms with E-state index in [4.69, 9.17) is 4.74 Å². The summed E-state index contributed by atoms with van der Waals surface area (Å²) in [5.41, 5.74) is 1.53. The van der Waals surface area contributed by atoms with Crippen LogP contribution in [-0.2, 0) is 0 Å². The molecule has 1 aromatic carbocycles. The molecule has 0 saturated heterocycles. The van der Waals surface area contributed by atoms with Crippen molar-refractivity contribution in [1.29, 1.82) is 0 Å². The summed E-state index contributed by atoms with van der Waals surface area (Å²) in [4.78, 5) is 16.3. The van der Waals surface area contributed by atoms with E-state index in [1.54, 1.807) is 18.3 Å². The lowest BCUT2D eigenvalue weighted by Crippen LogP contribution is -2.13. The molecule has 4 nitrogen and oxygen atoms in total. The second kappa shape index (κ2) is 6.69. The number of hydrogen-bond donors (Lipinski definition) is 1. The van der Waals surface area contributed by atoms with Gasteiger partial charge in [0.15, 0.2) is 0 Å². The minimum Gasteiger partial charge on any atom is -0.494 e. The second-order valence-electron chi connectivity index (χ2n) is 4.23. The molecule has 0 radical (unpaired) electrons. The van der Waals surface area contributed by atoms with Gasteiger partial charge < -0.3 is 10.1 Å². The molecule has 20 heavy (non-hydrogen) atoms. The Morgan fingerprint density at radius 1 is 1.35 bits per heavy atom. The van der Waals surface area contributed by atoms with Crippen LogP contribution in [-0.4, -0.2) is 17.5 Å².